The van der Waals surface area contributed by atoms with Crippen LogP contribution in [0.25, 0.3) is 0 Å². The molecular weight excluding hydrogens is 392 g/mol. The van der Waals surface area contributed by atoms with Crippen LogP contribution >= 0.6 is 0 Å². The zero-order valence-electron chi connectivity index (χ0n) is 17.1. The summed E-state index contributed by atoms with van der Waals surface area (Å²) in [5, 5.41) is 35.7. The zero-order chi connectivity index (χ0) is 23.2. The molecule has 0 fully saturated rings. The molecule has 2 rings (SSSR count). The molecule has 30 heavy (non-hydrogen) atoms. The molecule has 0 amide bonds. The lowest BCUT2D eigenvalue weighted by Gasteiger charge is -2.11. The maximum Gasteiger partial charge on any atom is 0.336 e. The molecule has 0 aliphatic heterocycles. The van der Waals surface area contributed by atoms with E-state index in [4.69, 9.17) is 20.4 Å². The van der Waals surface area contributed by atoms with Crippen molar-refractivity contribution in [2.75, 3.05) is 0 Å². The van der Waals surface area contributed by atoms with Crippen LogP contribution in [0.3, 0.4) is 0 Å². The number of carboxylic acid groups (broad SMARTS) is 4. The fourth-order valence-corrected chi connectivity index (χ4v) is 3.09. The number of benzene rings is 2. The third-order valence-electron chi connectivity index (χ3n) is 4.76. The van der Waals surface area contributed by atoms with Crippen LogP contribution in [0, 0.1) is 13.8 Å². The van der Waals surface area contributed by atoms with Crippen LogP contribution in [-0.4, -0.2) is 44.3 Å². The van der Waals surface area contributed by atoms with Crippen molar-refractivity contribution in [1.29, 1.82) is 0 Å². The topological polar surface area (TPSA) is 149 Å². The van der Waals surface area contributed by atoms with E-state index in [2.05, 4.69) is 0 Å². The van der Waals surface area contributed by atoms with Crippen molar-refractivity contribution in [3.05, 3.63) is 68.8 Å². The Bertz CT molecular complexity index is 1000. The van der Waals surface area contributed by atoms with Crippen molar-refractivity contribution in [1.82, 2.24) is 0 Å². The van der Waals surface area contributed by atoms with Gasteiger partial charge in [-0.05, 0) is 61.1 Å². The normalized spacial score (nSPS) is 10.0. The van der Waals surface area contributed by atoms with Gasteiger partial charge >= 0.3 is 23.9 Å². The minimum Gasteiger partial charge on any atom is -0.478 e. The van der Waals surface area contributed by atoms with Crippen molar-refractivity contribution >= 4 is 23.9 Å². The van der Waals surface area contributed by atoms with Gasteiger partial charge in [0.25, 0.3) is 0 Å². The monoisotopic (exact) mass is 416 g/mol. The summed E-state index contributed by atoms with van der Waals surface area (Å²) in [6, 6.07) is 5.97. The van der Waals surface area contributed by atoms with Crippen LogP contribution in [0.4, 0.5) is 0 Å². The van der Waals surface area contributed by atoms with Gasteiger partial charge in [0.15, 0.2) is 0 Å². The molecule has 0 saturated heterocycles. The second-order valence-corrected chi connectivity index (χ2v) is 6.48. The Kier molecular flexibility index (Phi) is 8.28. The summed E-state index contributed by atoms with van der Waals surface area (Å²) in [5.41, 5.74) is 2.28. The molecule has 0 atom stereocenters. The van der Waals surface area contributed by atoms with E-state index in [0.717, 1.165) is 5.56 Å². The van der Waals surface area contributed by atoms with Crippen LogP contribution in [-0.2, 0) is 12.8 Å². The molecule has 8 heteroatoms. The predicted octanol–water partition coefficient (Wildman–Crippen LogP) is 3.91. The molecule has 2 aromatic carbocycles. The number of aromatic carboxylic acids is 4. The molecular formula is C22H24O8. The van der Waals surface area contributed by atoms with Crippen molar-refractivity contribution < 1.29 is 39.6 Å². The lowest BCUT2D eigenvalue weighted by molar-refractivity contribution is 0.0650. The fourth-order valence-electron chi connectivity index (χ4n) is 3.09. The van der Waals surface area contributed by atoms with Gasteiger partial charge in [-0.15, -0.1) is 0 Å². The average molecular weight is 416 g/mol. The van der Waals surface area contributed by atoms with Crippen LogP contribution in [0.1, 0.15) is 77.5 Å². The van der Waals surface area contributed by atoms with Gasteiger partial charge in [-0.25, -0.2) is 19.2 Å². The third kappa shape index (κ3) is 5.22. The van der Waals surface area contributed by atoms with Gasteiger partial charge in [0.2, 0.25) is 0 Å². The fraction of sp³-hybridized carbons (Fsp3) is 0.273. The molecule has 0 aliphatic rings. The predicted molar refractivity (Wildman–Crippen MR) is 109 cm³/mol. The summed E-state index contributed by atoms with van der Waals surface area (Å²) in [6.07, 6.45) is 0.978. The molecule has 0 bridgehead atoms. The Hall–Kier alpha value is -3.68. The first kappa shape index (κ1) is 24.4. The second kappa shape index (κ2) is 10.2. The molecule has 0 saturated carbocycles. The number of aryl methyl sites for hydroxylation is 2. The lowest BCUT2D eigenvalue weighted by Crippen LogP contribution is -2.12. The quantitative estimate of drug-likeness (QED) is 0.554. The van der Waals surface area contributed by atoms with Crippen molar-refractivity contribution in [3.8, 4) is 0 Å². The molecule has 0 aromatic heterocycles. The van der Waals surface area contributed by atoms with Crippen LogP contribution in [0.5, 0.6) is 0 Å². The smallest absolute Gasteiger partial charge is 0.336 e. The Balaban J connectivity index is 0.000000303. The number of carboxylic acids is 4. The third-order valence-corrected chi connectivity index (χ3v) is 4.76. The molecule has 4 N–H and O–H groups in total. The van der Waals surface area contributed by atoms with Crippen molar-refractivity contribution in [2.24, 2.45) is 0 Å². The minimum atomic E-state index is -1.22. The summed E-state index contributed by atoms with van der Waals surface area (Å²) >= 11 is 0. The first-order valence-electron chi connectivity index (χ1n) is 9.15. The highest BCUT2D eigenvalue weighted by Crippen LogP contribution is 2.21. The van der Waals surface area contributed by atoms with Crippen molar-refractivity contribution in [2.45, 2.75) is 40.5 Å². The maximum absolute atomic E-state index is 11.1. The molecule has 0 heterocycles. The lowest BCUT2D eigenvalue weighted by atomic mass is 9.93. The first-order chi connectivity index (χ1) is 14.0. The van der Waals surface area contributed by atoms with E-state index in [1.54, 1.807) is 32.9 Å². The summed E-state index contributed by atoms with van der Waals surface area (Å²) in [7, 11) is 0. The molecule has 8 nitrogen and oxygen atoms in total. The molecule has 0 spiro atoms. The van der Waals surface area contributed by atoms with Gasteiger partial charge in [0.1, 0.15) is 0 Å². The molecule has 160 valence electrons. The van der Waals surface area contributed by atoms with Gasteiger partial charge in [-0.1, -0.05) is 26.0 Å². The first-order valence-corrected chi connectivity index (χ1v) is 9.15. The second-order valence-electron chi connectivity index (χ2n) is 6.48. The SMILES string of the molecule is CCc1ccc(C(=O)O)c(CC)c1C(=O)O.Cc1ccc(C(=O)O)c(C(=O)O)c1C. The summed E-state index contributed by atoms with van der Waals surface area (Å²) in [5.74, 6) is -4.56. The van der Waals surface area contributed by atoms with Crippen LogP contribution < -0.4 is 0 Å². The Morgan fingerprint density at radius 3 is 1.57 bits per heavy atom. The highest BCUT2D eigenvalue weighted by Gasteiger charge is 2.20. The number of hydrogen-bond acceptors (Lipinski definition) is 4. The molecule has 0 unspecified atom stereocenters. The summed E-state index contributed by atoms with van der Waals surface area (Å²) in [4.78, 5) is 43.7. The molecule has 2 aromatic rings. The number of hydrogen-bond donors (Lipinski definition) is 4. The van der Waals surface area contributed by atoms with Gasteiger partial charge in [-0.2, -0.15) is 0 Å². The molecule has 0 aliphatic carbocycles. The molecule has 0 radical (unpaired) electrons. The zero-order valence-corrected chi connectivity index (χ0v) is 17.1. The largest absolute Gasteiger partial charge is 0.478 e. The van der Waals surface area contributed by atoms with E-state index in [1.165, 1.54) is 12.1 Å². The standard InChI is InChI=1S/C12H14O4.C10H10O4/c1-3-7-5-6-9(11(13)14)8(4-2)10(7)12(15)16;1-5-3-4-7(9(11)12)8(6(5)2)10(13)14/h5-6H,3-4H2,1-2H3,(H,13,14)(H,15,16);3-4H,1-2H3,(H,11,12)(H,13,14). The summed E-state index contributed by atoms with van der Waals surface area (Å²) < 4.78 is 0. The summed E-state index contributed by atoms with van der Waals surface area (Å²) in [6.45, 7) is 6.95. The van der Waals surface area contributed by atoms with Crippen LogP contribution in [0.15, 0.2) is 24.3 Å². The van der Waals surface area contributed by atoms with E-state index in [0.29, 0.717) is 29.5 Å². The number of rotatable bonds is 6. The highest BCUT2D eigenvalue weighted by molar-refractivity contribution is 6.03. The van der Waals surface area contributed by atoms with E-state index in [1.807, 2.05) is 6.92 Å². The Morgan fingerprint density at radius 1 is 0.667 bits per heavy atom. The maximum atomic E-state index is 11.1. The Labute approximate surface area is 173 Å². The van der Waals surface area contributed by atoms with Crippen molar-refractivity contribution in [3.63, 3.8) is 0 Å². The van der Waals surface area contributed by atoms with Gasteiger partial charge in [0, 0.05) is 0 Å². The Morgan fingerprint density at radius 2 is 1.17 bits per heavy atom. The minimum absolute atomic E-state index is 0.0806. The average Bonchev–Trinajstić information content (AvgIpc) is 2.68. The van der Waals surface area contributed by atoms with Crippen LogP contribution in [0.2, 0.25) is 0 Å². The van der Waals surface area contributed by atoms with E-state index >= 15 is 0 Å². The number of carbonyl (C=O) groups is 4. The highest BCUT2D eigenvalue weighted by atomic mass is 16.4. The van der Waals surface area contributed by atoms with Gasteiger partial charge in [-0.3, -0.25) is 0 Å². The van der Waals surface area contributed by atoms with E-state index in [-0.39, 0.29) is 22.3 Å². The van der Waals surface area contributed by atoms with Gasteiger partial charge < -0.3 is 20.4 Å². The van der Waals surface area contributed by atoms with E-state index in [9.17, 15) is 19.2 Å². The van der Waals surface area contributed by atoms with Gasteiger partial charge in [0.05, 0.1) is 22.3 Å². The van der Waals surface area contributed by atoms with E-state index < -0.39 is 23.9 Å².